The smallest absolute Gasteiger partial charge is 0.126 e. The first-order chi connectivity index (χ1) is 9.26. The maximum atomic E-state index is 5.90. The van der Waals surface area contributed by atoms with E-state index in [0.29, 0.717) is 5.82 Å². The Hall–Kier alpha value is -2.07. The molecule has 0 aliphatic carbocycles. The number of nitrogens with two attached hydrogens (primary N) is 1. The third-order valence-electron chi connectivity index (χ3n) is 3.21. The highest BCUT2D eigenvalue weighted by Crippen LogP contribution is 2.28. The second-order valence-electron chi connectivity index (χ2n) is 4.34. The van der Waals surface area contributed by atoms with Crippen molar-refractivity contribution in [3.63, 3.8) is 0 Å². The first-order valence-corrected chi connectivity index (χ1v) is 6.25. The zero-order chi connectivity index (χ0) is 13.7. The van der Waals surface area contributed by atoms with E-state index in [2.05, 4.69) is 16.4 Å². The molecule has 1 heterocycles. The average molecular weight is 257 g/mol. The van der Waals surface area contributed by atoms with Crippen molar-refractivity contribution in [2.75, 3.05) is 19.9 Å². The van der Waals surface area contributed by atoms with Crippen molar-refractivity contribution >= 4 is 5.82 Å². The Bertz CT molecular complexity index is 542. The summed E-state index contributed by atoms with van der Waals surface area (Å²) in [6.07, 6.45) is 2.48. The maximum absolute atomic E-state index is 5.90. The number of para-hydroxylation sites is 1. The Kier molecular flexibility index (Phi) is 4.36. The van der Waals surface area contributed by atoms with Crippen LogP contribution in [0.5, 0.6) is 5.75 Å². The number of aromatic nitrogens is 1. The third kappa shape index (κ3) is 3.03. The Morgan fingerprint density at radius 2 is 2.05 bits per heavy atom. The number of hydrogen-bond donors (Lipinski definition) is 2. The van der Waals surface area contributed by atoms with Gasteiger partial charge in [-0.2, -0.15) is 0 Å². The van der Waals surface area contributed by atoms with Gasteiger partial charge >= 0.3 is 0 Å². The van der Waals surface area contributed by atoms with Gasteiger partial charge in [0.15, 0.2) is 0 Å². The molecule has 100 valence electrons. The highest BCUT2D eigenvalue weighted by atomic mass is 16.5. The lowest BCUT2D eigenvalue weighted by molar-refractivity contribution is 0.401. The number of pyridine rings is 1. The van der Waals surface area contributed by atoms with Crippen LogP contribution in [0, 0.1) is 0 Å². The molecule has 3 N–H and O–H groups in total. The maximum Gasteiger partial charge on any atom is 0.126 e. The number of nitrogens with one attached hydrogen (secondary N) is 1. The molecule has 0 amide bonds. The highest BCUT2D eigenvalue weighted by molar-refractivity contribution is 5.42. The number of methoxy groups -OCH3 is 1. The predicted molar refractivity (Wildman–Crippen MR) is 77.1 cm³/mol. The number of nitrogens with zero attached hydrogens (tertiary/aromatic N) is 1. The van der Waals surface area contributed by atoms with Gasteiger partial charge in [-0.1, -0.05) is 24.3 Å². The van der Waals surface area contributed by atoms with Crippen LogP contribution in [-0.2, 0) is 6.42 Å². The van der Waals surface area contributed by atoms with E-state index in [9.17, 15) is 0 Å². The van der Waals surface area contributed by atoms with Crippen LogP contribution in [0.15, 0.2) is 42.6 Å². The van der Waals surface area contributed by atoms with Gasteiger partial charge in [-0.25, -0.2) is 4.98 Å². The molecule has 0 saturated carbocycles. The minimum Gasteiger partial charge on any atom is -0.496 e. The van der Waals surface area contributed by atoms with E-state index in [1.54, 1.807) is 13.3 Å². The number of anilines is 1. The molecular weight excluding hydrogens is 238 g/mol. The molecule has 0 radical (unpaired) electrons. The van der Waals surface area contributed by atoms with Gasteiger partial charge in [0.05, 0.1) is 7.11 Å². The predicted octanol–water partition coefficient (Wildman–Crippen LogP) is 2.18. The molecule has 0 aliphatic heterocycles. The normalized spacial score (nSPS) is 12.1. The Morgan fingerprint density at radius 1 is 1.26 bits per heavy atom. The van der Waals surface area contributed by atoms with Crippen LogP contribution in [0.4, 0.5) is 5.82 Å². The summed E-state index contributed by atoms with van der Waals surface area (Å²) in [5.41, 5.74) is 8.06. The van der Waals surface area contributed by atoms with Crippen LogP contribution in [0.3, 0.4) is 0 Å². The van der Waals surface area contributed by atoms with Crippen molar-refractivity contribution in [1.82, 2.24) is 10.3 Å². The summed E-state index contributed by atoms with van der Waals surface area (Å²) >= 11 is 0. The van der Waals surface area contributed by atoms with E-state index in [4.69, 9.17) is 10.5 Å². The van der Waals surface area contributed by atoms with Gasteiger partial charge < -0.3 is 15.8 Å². The molecular formula is C15H19N3O. The minimum absolute atomic E-state index is 0.141. The Balaban J connectivity index is 2.28. The lowest BCUT2D eigenvalue weighted by atomic mass is 9.98. The Labute approximate surface area is 113 Å². The van der Waals surface area contributed by atoms with Crippen molar-refractivity contribution in [2.24, 2.45) is 0 Å². The second-order valence-corrected chi connectivity index (χ2v) is 4.34. The fourth-order valence-electron chi connectivity index (χ4n) is 2.17. The summed E-state index contributed by atoms with van der Waals surface area (Å²) in [5.74, 6) is 1.46. The molecule has 1 unspecified atom stereocenters. The zero-order valence-corrected chi connectivity index (χ0v) is 11.3. The van der Waals surface area contributed by atoms with Crippen molar-refractivity contribution < 1.29 is 4.74 Å². The second kappa shape index (κ2) is 6.20. The number of hydrogen-bond acceptors (Lipinski definition) is 4. The first kappa shape index (κ1) is 13.4. The van der Waals surface area contributed by atoms with Gasteiger partial charge in [0.2, 0.25) is 0 Å². The number of likely N-dealkylation sites (N-methyl/N-ethyl adjacent to an activating group) is 1. The summed E-state index contributed by atoms with van der Waals surface area (Å²) < 4.78 is 5.41. The lowest BCUT2D eigenvalue weighted by Gasteiger charge is -2.19. The summed E-state index contributed by atoms with van der Waals surface area (Å²) in [7, 11) is 3.62. The monoisotopic (exact) mass is 257 g/mol. The van der Waals surface area contributed by atoms with Gasteiger partial charge in [-0.05, 0) is 31.2 Å². The molecule has 0 saturated heterocycles. The van der Waals surface area contributed by atoms with Gasteiger partial charge in [-0.3, -0.25) is 0 Å². The molecule has 4 heteroatoms. The largest absolute Gasteiger partial charge is 0.496 e. The van der Waals surface area contributed by atoms with Crippen molar-refractivity contribution in [3.8, 4) is 5.75 Å². The van der Waals surface area contributed by atoms with E-state index in [1.807, 2.05) is 37.4 Å². The van der Waals surface area contributed by atoms with Crippen LogP contribution < -0.4 is 15.8 Å². The van der Waals surface area contributed by atoms with Crippen LogP contribution >= 0.6 is 0 Å². The van der Waals surface area contributed by atoms with Gasteiger partial charge in [0.25, 0.3) is 0 Å². The number of nitrogen functional groups attached to an aromatic ring is 1. The van der Waals surface area contributed by atoms with Gasteiger partial charge in [0, 0.05) is 17.8 Å². The lowest BCUT2D eigenvalue weighted by Crippen LogP contribution is -2.20. The summed E-state index contributed by atoms with van der Waals surface area (Å²) in [5, 5.41) is 3.31. The van der Waals surface area contributed by atoms with Crippen molar-refractivity contribution in [2.45, 2.75) is 12.5 Å². The molecule has 4 nitrogen and oxygen atoms in total. The molecule has 2 aromatic rings. The number of rotatable bonds is 5. The highest BCUT2D eigenvalue weighted by Gasteiger charge is 2.15. The Morgan fingerprint density at radius 3 is 2.74 bits per heavy atom. The molecule has 1 atom stereocenters. The van der Waals surface area contributed by atoms with E-state index < -0.39 is 0 Å². The molecule has 0 spiro atoms. The van der Waals surface area contributed by atoms with Crippen LogP contribution in [0.2, 0.25) is 0 Å². The minimum atomic E-state index is 0.141. The third-order valence-corrected chi connectivity index (χ3v) is 3.21. The van der Waals surface area contributed by atoms with Crippen molar-refractivity contribution in [3.05, 3.63) is 53.7 Å². The fourth-order valence-corrected chi connectivity index (χ4v) is 2.17. The quantitative estimate of drug-likeness (QED) is 0.862. The SMILES string of the molecule is CNC(Cc1cccnc1N)c1ccccc1OC. The summed E-state index contributed by atoms with van der Waals surface area (Å²) in [6.45, 7) is 0. The molecule has 1 aromatic heterocycles. The fraction of sp³-hybridized carbons (Fsp3) is 0.267. The topological polar surface area (TPSA) is 60.2 Å². The van der Waals surface area contributed by atoms with Crippen LogP contribution in [0.25, 0.3) is 0 Å². The summed E-state index contributed by atoms with van der Waals surface area (Å²) in [6, 6.07) is 12.0. The summed E-state index contributed by atoms with van der Waals surface area (Å²) in [4.78, 5) is 4.12. The van der Waals surface area contributed by atoms with E-state index in [1.165, 1.54) is 0 Å². The molecule has 0 bridgehead atoms. The van der Waals surface area contributed by atoms with Crippen LogP contribution in [-0.4, -0.2) is 19.1 Å². The zero-order valence-electron chi connectivity index (χ0n) is 11.3. The molecule has 0 aliphatic rings. The standard InChI is InChI=1S/C15H19N3O/c1-17-13(10-11-6-5-9-18-15(11)16)12-7-3-4-8-14(12)19-2/h3-9,13,17H,10H2,1-2H3,(H2,16,18). The molecule has 19 heavy (non-hydrogen) atoms. The molecule has 1 aromatic carbocycles. The van der Waals surface area contributed by atoms with Gasteiger partial charge in [0.1, 0.15) is 11.6 Å². The van der Waals surface area contributed by atoms with E-state index in [0.717, 1.165) is 23.3 Å². The number of benzene rings is 1. The number of ether oxygens (including phenoxy) is 1. The van der Waals surface area contributed by atoms with E-state index >= 15 is 0 Å². The van der Waals surface area contributed by atoms with Crippen molar-refractivity contribution in [1.29, 1.82) is 0 Å². The average Bonchev–Trinajstić information content (AvgIpc) is 2.46. The molecule has 2 rings (SSSR count). The first-order valence-electron chi connectivity index (χ1n) is 6.25. The van der Waals surface area contributed by atoms with E-state index in [-0.39, 0.29) is 6.04 Å². The molecule has 0 fully saturated rings. The van der Waals surface area contributed by atoms with Gasteiger partial charge in [-0.15, -0.1) is 0 Å². The van der Waals surface area contributed by atoms with Crippen LogP contribution in [0.1, 0.15) is 17.2 Å².